The third-order valence-electron chi connectivity index (χ3n) is 3.44. The second-order valence-corrected chi connectivity index (χ2v) is 4.75. The molecule has 0 aliphatic heterocycles. The summed E-state index contributed by atoms with van der Waals surface area (Å²) in [4.78, 5) is 22.8. The number of carboxylic acid groups (broad SMARTS) is 1. The number of hydrogen-bond acceptors (Lipinski definition) is 3. The lowest BCUT2D eigenvalue weighted by Crippen LogP contribution is -2.35. The average Bonchev–Trinajstić information content (AvgIpc) is 2.89. The summed E-state index contributed by atoms with van der Waals surface area (Å²) in [5.74, 6) is -1.39. The number of amides is 1. The molecule has 0 bridgehead atoms. The highest BCUT2D eigenvalue weighted by Crippen LogP contribution is 2.29. The van der Waals surface area contributed by atoms with E-state index in [0.29, 0.717) is 19.4 Å². The SMILES string of the molecule is O=C(O)C1CCCC(C(=O)NCc2ccoc2)C1. The number of carbonyl (C=O) groups excluding carboxylic acids is 1. The molecule has 98 valence electrons. The lowest BCUT2D eigenvalue weighted by Gasteiger charge is -2.25. The van der Waals surface area contributed by atoms with Gasteiger partial charge in [0.05, 0.1) is 18.4 Å². The summed E-state index contributed by atoms with van der Waals surface area (Å²) >= 11 is 0. The standard InChI is InChI=1S/C13H17NO4/c15-12(14-7-9-4-5-18-8-9)10-2-1-3-11(6-10)13(16)17/h4-5,8,10-11H,1-3,6-7H2,(H,14,15)(H,16,17). The molecule has 0 spiro atoms. The van der Waals surface area contributed by atoms with Gasteiger partial charge in [-0.05, 0) is 25.3 Å². The average molecular weight is 251 g/mol. The summed E-state index contributed by atoms with van der Waals surface area (Å²) in [6.07, 6.45) is 5.86. The Labute approximate surface area is 105 Å². The van der Waals surface area contributed by atoms with Crippen LogP contribution in [0.5, 0.6) is 0 Å². The lowest BCUT2D eigenvalue weighted by atomic mass is 9.81. The molecule has 18 heavy (non-hydrogen) atoms. The molecule has 2 atom stereocenters. The van der Waals surface area contributed by atoms with Gasteiger partial charge in [0, 0.05) is 18.0 Å². The number of rotatable bonds is 4. The van der Waals surface area contributed by atoms with E-state index in [-0.39, 0.29) is 17.7 Å². The van der Waals surface area contributed by atoms with E-state index in [9.17, 15) is 9.59 Å². The van der Waals surface area contributed by atoms with Gasteiger partial charge in [0.2, 0.25) is 5.91 Å². The Kier molecular flexibility index (Phi) is 4.02. The van der Waals surface area contributed by atoms with E-state index in [4.69, 9.17) is 9.52 Å². The van der Waals surface area contributed by atoms with Gasteiger partial charge in [-0.1, -0.05) is 6.42 Å². The second kappa shape index (κ2) is 5.71. The number of hydrogen-bond donors (Lipinski definition) is 2. The van der Waals surface area contributed by atoms with Crippen LogP contribution in [0.2, 0.25) is 0 Å². The van der Waals surface area contributed by atoms with E-state index >= 15 is 0 Å². The number of carbonyl (C=O) groups is 2. The third kappa shape index (κ3) is 3.12. The highest BCUT2D eigenvalue weighted by atomic mass is 16.4. The minimum Gasteiger partial charge on any atom is -0.481 e. The smallest absolute Gasteiger partial charge is 0.306 e. The van der Waals surface area contributed by atoms with Crippen LogP contribution in [0.15, 0.2) is 23.0 Å². The Morgan fingerprint density at radius 1 is 1.39 bits per heavy atom. The van der Waals surface area contributed by atoms with Crippen molar-refractivity contribution >= 4 is 11.9 Å². The molecule has 1 aromatic heterocycles. The molecule has 5 heteroatoms. The van der Waals surface area contributed by atoms with Crippen molar-refractivity contribution in [2.24, 2.45) is 11.8 Å². The van der Waals surface area contributed by atoms with Crippen molar-refractivity contribution in [3.8, 4) is 0 Å². The fourth-order valence-electron chi connectivity index (χ4n) is 2.38. The first-order valence-corrected chi connectivity index (χ1v) is 6.18. The van der Waals surface area contributed by atoms with Gasteiger partial charge in [0.25, 0.3) is 0 Å². The van der Waals surface area contributed by atoms with E-state index in [1.54, 1.807) is 18.6 Å². The molecular formula is C13H17NO4. The normalized spacial score (nSPS) is 23.6. The Bertz CT molecular complexity index is 413. The first kappa shape index (κ1) is 12.7. The number of furan rings is 1. The molecule has 0 radical (unpaired) electrons. The highest BCUT2D eigenvalue weighted by Gasteiger charge is 2.30. The highest BCUT2D eigenvalue weighted by molar-refractivity contribution is 5.80. The van der Waals surface area contributed by atoms with Gasteiger partial charge in [0.15, 0.2) is 0 Å². The monoisotopic (exact) mass is 251 g/mol. The number of aliphatic carboxylic acids is 1. The summed E-state index contributed by atoms with van der Waals surface area (Å²) in [6, 6.07) is 1.79. The Balaban J connectivity index is 1.83. The summed E-state index contributed by atoms with van der Waals surface area (Å²) in [5, 5.41) is 11.8. The van der Waals surface area contributed by atoms with E-state index in [2.05, 4.69) is 5.32 Å². The molecule has 1 aliphatic rings. The summed E-state index contributed by atoms with van der Waals surface area (Å²) in [6.45, 7) is 0.434. The first-order valence-electron chi connectivity index (χ1n) is 6.18. The van der Waals surface area contributed by atoms with E-state index in [1.165, 1.54) is 0 Å². The second-order valence-electron chi connectivity index (χ2n) is 4.75. The van der Waals surface area contributed by atoms with Crippen molar-refractivity contribution in [2.75, 3.05) is 0 Å². The van der Waals surface area contributed by atoms with Crippen LogP contribution >= 0.6 is 0 Å². The molecule has 0 saturated heterocycles. The van der Waals surface area contributed by atoms with Crippen LogP contribution in [0.1, 0.15) is 31.2 Å². The molecular weight excluding hydrogens is 234 g/mol. The van der Waals surface area contributed by atoms with Crippen molar-refractivity contribution in [3.05, 3.63) is 24.2 Å². The van der Waals surface area contributed by atoms with Crippen molar-refractivity contribution in [1.29, 1.82) is 0 Å². The largest absolute Gasteiger partial charge is 0.481 e. The molecule has 1 aromatic rings. The van der Waals surface area contributed by atoms with Crippen LogP contribution in [0.25, 0.3) is 0 Å². The molecule has 1 heterocycles. The minimum absolute atomic E-state index is 0.0536. The van der Waals surface area contributed by atoms with Crippen molar-refractivity contribution in [2.45, 2.75) is 32.2 Å². The Morgan fingerprint density at radius 2 is 2.17 bits per heavy atom. The zero-order chi connectivity index (χ0) is 13.0. The Hall–Kier alpha value is -1.78. The molecule has 0 aromatic carbocycles. The van der Waals surface area contributed by atoms with Crippen molar-refractivity contribution in [1.82, 2.24) is 5.32 Å². The van der Waals surface area contributed by atoms with Crippen molar-refractivity contribution in [3.63, 3.8) is 0 Å². The maximum absolute atomic E-state index is 11.9. The van der Waals surface area contributed by atoms with Crippen molar-refractivity contribution < 1.29 is 19.1 Å². The van der Waals surface area contributed by atoms with Gasteiger partial charge >= 0.3 is 5.97 Å². The van der Waals surface area contributed by atoms with Crippen LogP contribution in [-0.2, 0) is 16.1 Å². The predicted molar refractivity (Wildman–Crippen MR) is 63.6 cm³/mol. The summed E-state index contributed by atoms with van der Waals surface area (Å²) in [7, 11) is 0. The van der Waals surface area contributed by atoms with Gasteiger partial charge in [-0.15, -0.1) is 0 Å². The molecule has 1 aliphatic carbocycles. The van der Waals surface area contributed by atoms with E-state index < -0.39 is 5.97 Å². The van der Waals surface area contributed by atoms with Gasteiger partial charge in [-0.2, -0.15) is 0 Å². The first-order chi connectivity index (χ1) is 8.66. The Morgan fingerprint density at radius 3 is 2.83 bits per heavy atom. The third-order valence-corrected chi connectivity index (χ3v) is 3.44. The summed E-state index contributed by atoms with van der Waals surface area (Å²) in [5.41, 5.74) is 0.911. The number of carboxylic acids is 1. The zero-order valence-electron chi connectivity index (χ0n) is 10.1. The molecule has 2 unspecified atom stereocenters. The van der Waals surface area contributed by atoms with Gasteiger partial charge in [-0.3, -0.25) is 9.59 Å². The molecule has 1 fully saturated rings. The maximum atomic E-state index is 11.9. The van der Waals surface area contributed by atoms with Crippen LogP contribution in [0.3, 0.4) is 0 Å². The topological polar surface area (TPSA) is 79.5 Å². The van der Waals surface area contributed by atoms with Crippen LogP contribution < -0.4 is 5.32 Å². The predicted octanol–water partition coefficient (Wildman–Crippen LogP) is 1.79. The molecule has 1 amide bonds. The fraction of sp³-hybridized carbons (Fsp3) is 0.538. The molecule has 5 nitrogen and oxygen atoms in total. The zero-order valence-corrected chi connectivity index (χ0v) is 10.1. The lowest BCUT2D eigenvalue weighted by molar-refractivity contribution is -0.144. The quantitative estimate of drug-likeness (QED) is 0.855. The van der Waals surface area contributed by atoms with E-state index in [0.717, 1.165) is 18.4 Å². The fourth-order valence-corrected chi connectivity index (χ4v) is 2.38. The van der Waals surface area contributed by atoms with Gasteiger partial charge in [0.1, 0.15) is 0 Å². The van der Waals surface area contributed by atoms with Gasteiger partial charge in [-0.25, -0.2) is 0 Å². The van der Waals surface area contributed by atoms with Crippen LogP contribution in [0, 0.1) is 11.8 Å². The molecule has 2 N–H and O–H groups in total. The van der Waals surface area contributed by atoms with E-state index in [1.807, 2.05) is 0 Å². The summed E-state index contributed by atoms with van der Waals surface area (Å²) < 4.78 is 4.91. The minimum atomic E-state index is -0.790. The molecule has 2 rings (SSSR count). The van der Waals surface area contributed by atoms with Crippen LogP contribution in [0.4, 0.5) is 0 Å². The molecule has 1 saturated carbocycles. The maximum Gasteiger partial charge on any atom is 0.306 e. The number of nitrogens with one attached hydrogen (secondary N) is 1. The van der Waals surface area contributed by atoms with Gasteiger partial charge < -0.3 is 14.8 Å². The van der Waals surface area contributed by atoms with Crippen LogP contribution in [-0.4, -0.2) is 17.0 Å².